The van der Waals surface area contributed by atoms with E-state index in [2.05, 4.69) is 32.9 Å². The molecule has 0 N–H and O–H groups in total. The Morgan fingerprint density at radius 1 is 1.25 bits per heavy atom. The first kappa shape index (κ1) is 15.2. The molecule has 0 saturated heterocycles. The van der Waals surface area contributed by atoms with Gasteiger partial charge in [0.2, 0.25) is 0 Å². The van der Waals surface area contributed by atoms with Crippen molar-refractivity contribution >= 4 is 5.97 Å². The highest BCUT2D eigenvalue weighted by Crippen LogP contribution is 2.25. The lowest BCUT2D eigenvalue weighted by molar-refractivity contribution is -0.143. The Kier molecular flexibility index (Phi) is 8.97. The Hall–Kier alpha value is -0.790. The summed E-state index contributed by atoms with van der Waals surface area (Å²) >= 11 is 0. The van der Waals surface area contributed by atoms with Gasteiger partial charge in [-0.2, -0.15) is 0 Å². The number of carbonyl (C=O) groups is 1. The molecule has 2 unspecified atom stereocenters. The van der Waals surface area contributed by atoms with Crippen LogP contribution in [0.4, 0.5) is 0 Å². The highest BCUT2D eigenvalue weighted by Gasteiger charge is 2.17. The number of ether oxygens (including phenoxy) is 1. The Morgan fingerprint density at radius 3 is 2.38 bits per heavy atom. The van der Waals surface area contributed by atoms with Crippen LogP contribution in [0.5, 0.6) is 0 Å². The number of esters is 1. The maximum absolute atomic E-state index is 11.3. The van der Waals surface area contributed by atoms with Crippen LogP contribution in [-0.2, 0) is 9.53 Å². The Balaban J connectivity index is 4.12. The molecule has 2 nitrogen and oxygen atoms in total. The quantitative estimate of drug-likeness (QED) is 0.462. The molecule has 0 radical (unpaired) electrons. The molecule has 0 bridgehead atoms. The Bertz CT molecular complexity index is 209. The topological polar surface area (TPSA) is 26.3 Å². The number of rotatable bonds is 8. The normalized spacial score (nSPS) is 15.0. The molecule has 0 aromatic carbocycles. The maximum atomic E-state index is 11.3. The van der Waals surface area contributed by atoms with E-state index >= 15 is 0 Å². The van der Waals surface area contributed by atoms with E-state index in [0.717, 1.165) is 19.3 Å². The van der Waals surface area contributed by atoms with Crippen molar-refractivity contribution in [1.82, 2.24) is 0 Å². The molecule has 16 heavy (non-hydrogen) atoms. The lowest BCUT2D eigenvalue weighted by atomic mass is 9.84. The van der Waals surface area contributed by atoms with Crippen LogP contribution >= 0.6 is 0 Å². The minimum absolute atomic E-state index is 0.0590. The molecule has 0 aliphatic carbocycles. The second kappa shape index (κ2) is 9.44. The molecular formula is C14H26O2. The minimum Gasteiger partial charge on any atom is -0.466 e. The molecule has 2 atom stereocenters. The van der Waals surface area contributed by atoms with Gasteiger partial charge in [-0.1, -0.05) is 32.4 Å². The summed E-state index contributed by atoms with van der Waals surface area (Å²) in [5.74, 6) is 1.14. The van der Waals surface area contributed by atoms with E-state index < -0.39 is 0 Å². The highest BCUT2D eigenvalue weighted by molar-refractivity contribution is 5.69. The average molecular weight is 226 g/mol. The first-order valence-electron chi connectivity index (χ1n) is 6.47. The second-order valence-corrected chi connectivity index (χ2v) is 4.11. The van der Waals surface area contributed by atoms with Crippen molar-refractivity contribution in [3.63, 3.8) is 0 Å². The first-order chi connectivity index (χ1) is 7.69. The van der Waals surface area contributed by atoms with Gasteiger partial charge in [-0.25, -0.2) is 0 Å². The van der Waals surface area contributed by atoms with E-state index in [9.17, 15) is 4.79 Å². The fraction of sp³-hybridized carbons (Fsp3) is 0.786. The van der Waals surface area contributed by atoms with Crippen LogP contribution in [0.2, 0.25) is 0 Å². The average Bonchev–Trinajstić information content (AvgIpc) is 2.28. The van der Waals surface area contributed by atoms with Crippen molar-refractivity contribution in [3.8, 4) is 0 Å². The van der Waals surface area contributed by atoms with Crippen molar-refractivity contribution in [2.75, 3.05) is 6.61 Å². The summed E-state index contributed by atoms with van der Waals surface area (Å²) in [6.45, 7) is 8.80. The third-order valence-electron chi connectivity index (χ3n) is 3.07. The molecule has 94 valence electrons. The zero-order valence-electron chi connectivity index (χ0n) is 11.2. The molecule has 0 rings (SSSR count). The monoisotopic (exact) mass is 226 g/mol. The lowest BCUT2D eigenvalue weighted by Crippen LogP contribution is -2.14. The van der Waals surface area contributed by atoms with Gasteiger partial charge >= 0.3 is 5.97 Å². The van der Waals surface area contributed by atoms with Crippen molar-refractivity contribution in [2.24, 2.45) is 11.8 Å². The summed E-state index contributed by atoms with van der Waals surface area (Å²) in [5, 5.41) is 0. The summed E-state index contributed by atoms with van der Waals surface area (Å²) in [7, 11) is 0. The summed E-state index contributed by atoms with van der Waals surface area (Å²) in [5.41, 5.74) is 0. The van der Waals surface area contributed by atoms with Crippen LogP contribution in [0.25, 0.3) is 0 Å². The van der Waals surface area contributed by atoms with Gasteiger partial charge in [0.15, 0.2) is 0 Å². The van der Waals surface area contributed by atoms with Crippen LogP contribution in [0, 0.1) is 11.8 Å². The van der Waals surface area contributed by atoms with Crippen LogP contribution in [-0.4, -0.2) is 12.6 Å². The van der Waals surface area contributed by atoms with Gasteiger partial charge in [-0.05, 0) is 38.5 Å². The zero-order chi connectivity index (χ0) is 12.4. The number of allylic oxidation sites excluding steroid dienone is 2. The molecule has 2 heteroatoms. The third-order valence-corrected chi connectivity index (χ3v) is 3.07. The van der Waals surface area contributed by atoms with Crippen molar-refractivity contribution in [3.05, 3.63) is 12.2 Å². The predicted molar refractivity (Wildman–Crippen MR) is 68.2 cm³/mol. The van der Waals surface area contributed by atoms with Crippen LogP contribution < -0.4 is 0 Å². The van der Waals surface area contributed by atoms with Crippen LogP contribution in [0.3, 0.4) is 0 Å². The molecule has 0 fully saturated rings. The van der Waals surface area contributed by atoms with Gasteiger partial charge < -0.3 is 4.74 Å². The molecule has 0 aliphatic heterocycles. The molecule has 0 heterocycles. The SMILES string of the molecule is C/C=C\C(CC)C(CC)CCC(=O)OCC. The number of hydrogen-bond acceptors (Lipinski definition) is 2. The molecule has 0 aromatic rings. The van der Waals surface area contributed by atoms with Crippen molar-refractivity contribution in [1.29, 1.82) is 0 Å². The zero-order valence-corrected chi connectivity index (χ0v) is 11.2. The maximum Gasteiger partial charge on any atom is 0.305 e. The van der Waals surface area contributed by atoms with E-state index in [1.807, 2.05) is 6.92 Å². The summed E-state index contributed by atoms with van der Waals surface area (Å²) in [4.78, 5) is 11.3. The third kappa shape index (κ3) is 5.94. The van der Waals surface area contributed by atoms with Gasteiger partial charge in [0.25, 0.3) is 0 Å². The molecule has 0 saturated carbocycles. The minimum atomic E-state index is -0.0590. The van der Waals surface area contributed by atoms with E-state index in [-0.39, 0.29) is 5.97 Å². The van der Waals surface area contributed by atoms with Gasteiger partial charge in [0.05, 0.1) is 6.61 Å². The Morgan fingerprint density at radius 2 is 1.94 bits per heavy atom. The van der Waals surface area contributed by atoms with Gasteiger partial charge in [0, 0.05) is 6.42 Å². The van der Waals surface area contributed by atoms with E-state index in [4.69, 9.17) is 4.74 Å². The number of hydrogen-bond donors (Lipinski definition) is 0. The van der Waals surface area contributed by atoms with E-state index in [1.165, 1.54) is 0 Å². The molecule has 0 aliphatic rings. The second-order valence-electron chi connectivity index (χ2n) is 4.11. The van der Waals surface area contributed by atoms with E-state index in [0.29, 0.717) is 24.9 Å². The van der Waals surface area contributed by atoms with Gasteiger partial charge in [0.1, 0.15) is 0 Å². The van der Waals surface area contributed by atoms with Gasteiger partial charge in [-0.15, -0.1) is 0 Å². The lowest BCUT2D eigenvalue weighted by Gasteiger charge is -2.21. The molecule has 0 amide bonds. The fourth-order valence-corrected chi connectivity index (χ4v) is 2.13. The fourth-order valence-electron chi connectivity index (χ4n) is 2.13. The largest absolute Gasteiger partial charge is 0.466 e. The molecular weight excluding hydrogens is 200 g/mol. The number of carbonyl (C=O) groups excluding carboxylic acids is 1. The molecule has 0 spiro atoms. The predicted octanol–water partition coefficient (Wildman–Crippen LogP) is 3.96. The summed E-state index contributed by atoms with van der Waals surface area (Å²) in [6.07, 6.45) is 8.15. The van der Waals surface area contributed by atoms with Crippen molar-refractivity contribution < 1.29 is 9.53 Å². The van der Waals surface area contributed by atoms with Crippen molar-refractivity contribution in [2.45, 2.75) is 53.4 Å². The Labute approximate surface area is 100 Å². The molecule has 0 aromatic heterocycles. The van der Waals surface area contributed by atoms with E-state index in [1.54, 1.807) is 0 Å². The first-order valence-corrected chi connectivity index (χ1v) is 6.47. The highest BCUT2D eigenvalue weighted by atomic mass is 16.5. The smallest absolute Gasteiger partial charge is 0.305 e. The standard InChI is InChI=1S/C14H26O2/c1-5-9-12(6-2)13(7-3)10-11-14(15)16-8-4/h5,9,12-13H,6-8,10-11H2,1-4H3/b9-5-. The van der Waals surface area contributed by atoms with Crippen LogP contribution in [0.1, 0.15) is 53.4 Å². The van der Waals surface area contributed by atoms with Gasteiger partial charge in [-0.3, -0.25) is 4.79 Å². The summed E-state index contributed by atoms with van der Waals surface area (Å²) in [6, 6.07) is 0. The summed E-state index contributed by atoms with van der Waals surface area (Å²) < 4.78 is 4.95. The van der Waals surface area contributed by atoms with Crippen LogP contribution in [0.15, 0.2) is 12.2 Å².